The van der Waals surface area contributed by atoms with Gasteiger partial charge in [0.1, 0.15) is 0 Å². The molecule has 0 fully saturated rings. The van der Waals surface area contributed by atoms with Gasteiger partial charge in [-0.15, -0.1) is 0 Å². The average Bonchev–Trinajstić information content (AvgIpc) is 1.80. The smallest absolute Gasteiger partial charge is 0.257 e. The number of aryl methyl sites for hydroxylation is 2. The molecular formula is C8H11O+. The van der Waals surface area contributed by atoms with Gasteiger partial charge in [0.05, 0.1) is 0 Å². The molecule has 0 heterocycles. The standard InChI is InChI=1S/C8H10O/c1-6-3-4-7(2)8(9)5-6/h3-5,9H,1-2H3/p+1. The van der Waals surface area contributed by atoms with Crippen LogP contribution in [0.2, 0.25) is 0 Å². The highest BCUT2D eigenvalue weighted by Gasteiger charge is 1.96. The van der Waals surface area contributed by atoms with Crippen LogP contribution in [-0.2, 0) is 0 Å². The molecule has 1 heteroatoms. The fourth-order valence-electron chi connectivity index (χ4n) is 0.736. The van der Waals surface area contributed by atoms with Crippen LogP contribution in [0.1, 0.15) is 11.1 Å². The fourth-order valence-corrected chi connectivity index (χ4v) is 0.736. The molecule has 0 saturated carbocycles. The van der Waals surface area contributed by atoms with E-state index in [-0.39, 0.29) is 0 Å². The zero-order valence-electron chi connectivity index (χ0n) is 5.73. The minimum absolute atomic E-state index is 0.634. The second-order valence-corrected chi connectivity index (χ2v) is 2.32. The van der Waals surface area contributed by atoms with Crippen LogP contribution in [0.4, 0.5) is 0 Å². The van der Waals surface area contributed by atoms with Gasteiger partial charge in [-0.3, -0.25) is 0 Å². The summed E-state index contributed by atoms with van der Waals surface area (Å²) < 4.78 is 0. The lowest BCUT2D eigenvalue weighted by atomic mass is 10.1. The molecule has 0 saturated heterocycles. The lowest BCUT2D eigenvalue weighted by Crippen LogP contribution is -1.74. The number of benzene rings is 1. The lowest BCUT2D eigenvalue weighted by molar-refractivity contribution is 0.470. The van der Waals surface area contributed by atoms with E-state index in [1.165, 1.54) is 0 Å². The first-order valence-corrected chi connectivity index (χ1v) is 2.99. The van der Waals surface area contributed by atoms with Crippen molar-refractivity contribution in [2.24, 2.45) is 0 Å². The average molecular weight is 123 g/mol. The third kappa shape index (κ3) is 1.22. The molecule has 0 amide bonds. The fraction of sp³-hybridized carbons (Fsp3) is 0.250. The molecule has 0 bridgehead atoms. The van der Waals surface area contributed by atoms with Crippen molar-refractivity contribution >= 4 is 0 Å². The second kappa shape index (κ2) is 2.09. The molecule has 1 aromatic rings. The van der Waals surface area contributed by atoms with Crippen LogP contribution < -0.4 is 0 Å². The van der Waals surface area contributed by atoms with Crippen LogP contribution in [0.3, 0.4) is 0 Å². The van der Waals surface area contributed by atoms with Crippen molar-refractivity contribution in [3.63, 3.8) is 0 Å². The quantitative estimate of drug-likeness (QED) is 0.469. The summed E-state index contributed by atoms with van der Waals surface area (Å²) in [5.41, 5.74) is 2.20. The first-order chi connectivity index (χ1) is 4.20. The predicted molar refractivity (Wildman–Crippen MR) is 39.0 cm³/mol. The van der Waals surface area contributed by atoms with E-state index >= 15 is 0 Å². The minimum Gasteiger partial charge on any atom is -0.593 e. The van der Waals surface area contributed by atoms with E-state index in [0.29, 0.717) is 5.75 Å². The van der Waals surface area contributed by atoms with Crippen molar-refractivity contribution in [3.05, 3.63) is 29.3 Å². The summed E-state index contributed by atoms with van der Waals surface area (Å²) in [4.78, 5) is 0. The van der Waals surface area contributed by atoms with Crippen molar-refractivity contribution in [1.82, 2.24) is 0 Å². The van der Waals surface area contributed by atoms with Gasteiger partial charge < -0.3 is 5.11 Å². The van der Waals surface area contributed by atoms with Crippen LogP contribution in [0.15, 0.2) is 18.2 Å². The van der Waals surface area contributed by atoms with E-state index in [9.17, 15) is 0 Å². The molecule has 0 unspecified atom stereocenters. The van der Waals surface area contributed by atoms with Gasteiger partial charge in [0.25, 0.3) is 5.75 Å². The molecule has 48 valence electrons. The Morgan fingerprint density at radius 2 is 1.89 bits per heavy atom. The van der Waals surface area contributed by atoms with Gasteiger partial charge in [-0.2, -0.15) is 0 Å². The van der Waals surface area contributed by atoms with Crippen molar-refractivity contribution < 1.29 is 5.11 Å². The largest absolute Gasteiger partial charge is 0.593 e. The molecule has 0 radical (unpaired) electrons. The highest BCUT2D eigenvalue weighted by Crippen LogP contribution is 2.15. The molecule has 0 atom stereocenters. The van der Waals surface area contributed by atoms with Crippen molar-refractivity contribution in [2.75, 3.05) is 0 Å². The molecule has 2 N–H and O–H groups in total. The normalized spacial score (nSPS) is 9.56. The van der Waals surface area contributed by atoms with E-state index in [0.717, 1.165) is 11.1 Å². The molecule has 0 spiro atoms. The maximum absolute atomic E-state index is 7.36. The van der Waals surface area contributed by atoms with E-state index < -0.39 is 0 Å². The number of hydrogen-bond acceptors (Lipinski definition) is 0. The molecule has 0 aliphatic carbocycles. The first kappa shape index (κ1) is 6.14. The molecule has 1 rings (SSSR count). The number of hydrogen-bond donors (Lipinski definition) is 0. The topological polar surface area (TPSA) is 22.9 Å². The third-order valence-corrected chi connectivity index (χ3v) is 1.39. The first-order valence-electron chi connectivity index (χ1n) is 2.99. The van der Waals surface area contributed by atoms with Crippen LogP contribution in [0, 0.1) is 13.8 Å². The molecule has 1 aromatic carbocycles. The summed E-state index contributed by atoms with van der Waals surface area (Å²) in [5, 5.41) is 7.36. The van der Waals surface area contributed by atoms with Crippen LogP contribution >= 0.6 is 0 Å². The molecule has 0 aromatic heterocycles. The van der Waals surface area contributed by atoms with Gasteiger partial charge in [-0.05, 0) is 25.5 Å². The van der Waals surface area contributed by atoms with Gasteiger partial charge in [-0.25, -0.2) is 0 Å². The minimum atomic E-state index is 0.634. The van der Waals surface area contributed by atoms with E-state index in [2.05, 4.69) is 0 Å². The van der Waals surface area contributed by atoms with Crippen LogP contribution in [0.5, 0.6) is 5.75 Å². The molecule has 0 aliphatic heterocycles. The Morgan fingerprint density at radius 3 is 2.33 bits per heavy atom. The summed E-state index contributed by atoms with van der Waals surface area (Å²) in [6, 6.07) is 5.86. The van der Waals surface area contributed by atoms with Gasteiger partial charge in [-0.1, -0.05) is 6.07 Å². The monoisotopic (exact) mass is 123 g/mol. The summed E-state index contributed by atoms with van der Waals surface area (Å²) in [6.45, 7) is 3.94. The van der Waals surface area contributed by atoms with Crippen LogP contribution in [0.25, 0.3) is 0 Å². The molecule has 1 nitrogen and oxygen atoms in total. The Labute approximate surface area is 55.0 Å². The SMILES string of the molecule is Cc1ccc(C)c([OH2+])c1. The summed E-state index contributed by atoms with van der Waals surface area (Å²) in [6.07, 6.45) is 0. The zero-order chi connectivity index (χ0) is 6.85. The predicted octanol–water partition coefficient (Wildman–Crippen LogP) is 1.74. The van der Waals surface area contributed by atoms with Gasteiger partial charge in [0.2, 0.25) is 0 Å². The van der Waals surface area contributed by atoms with Crippen molar-refractivity contribution in [3.8, 4) is 5.75 Å². The van der Waals surface area contributed by atoms with Gasteiger partial charge >= 0.3 is 0 Å². The van der Waals surface area contributed by atoms with E-state index in [1.54, 1.807) is 0 Å². The zero-order valence-corrected chi connectivity index (χ0v) is 5.73. The third-order valence-electron chi connectivity index (χ3n) is 1.39. The molecular weight excluding hydrogens is 112 g/mol. The summed E-state index contributed by atoms with van der Waals surface area (Å²) in [5.74, 6) is 0.634. The molecule has 9 heavy (non-hydrogen) atoms. The summed E-state index contributed by atoms with van der Waals surface area (Å²) >= 11 is 0. The molecule has 0 aliphatic rings. The van der Waals surface area contributed by atoms with Crippen molar-refractivity contribution in [1.29, 1.82) is 0 Å². The Bertz CT molecular complexity index is 216. The van der Waals surface area contributed by atoms with E-state index in [4.69, 9.17) is 5.11 Å². The van der Waals surface area contributed by atoms with Gasteiger partial charge in [0, 0.05) is 11.6 Å². The van der Waals surface area contributed by atoms with Gasteiger partial charge in [0.15, 0.2) is 0 Å². The Morgan fingerprint density at radius 1 is 1.22 bits per heavy atom. The second-order valence-electron chi connectivity index (χ2n) is 2.32. The maximum atomic E-state index is 7.36. The highest BCUT2D eigenvalue weighted by atomic mass is 16.3. The summed E-state index contributed by atoms with van der Waals surface area (Å²) in [7, 11) is 0. The Hall–Kier alpha value is -0.980. The van der Waals surface area contributed by atoms with Crippen molar-refractivity contribution in [2.45, 2.75) is 13.8 Å². The Kier molecular flexibility index (Phi) is 1.43. The lowest BCUT2D eigenvalue weighted by Gasteiger charge is -1.93. The van der Waals surface area contributed by atoms with Crippen LogP contribution in [-0.4, -0.2) is 5.11 Å². The Balaban J connectivity index is 3.17. The number of rotatable bonds is 0. The maximum Gasteiger partial charge on any atom is 0.257 e. The highest BCUT2D eigenvalue weighted by molar-refractivity contribution is 5.34. The van der Waals surface area contributed by atoms with E-state index in [1.807, 2.05) is 32.0 Å².